The maximum absolute atomic E-state index is 5.74. The lowest BCUT2D eigenvalue weighted by atomic mass is 10.5. The van der Waals surface area contributed by atoms with Gasteiger partial charge in [-0.25, -0.2) is 4.98 Å². The normalized spacial score (nSPS) is 13.6. The smallest absolute Gasteiger partial charge is 0.225 e. The molecule has 6 heteroatoms. The van der Waals surface area contributed by atoms with Crippen LogP contribution in [0, 0.1) is 0 Å². The summed E-state index contributed by atoms with van der Waals surface area (Å²) in [6, 6.07) is 0. The Balaban J connectivity index is 2.60. The van der Waals surface area contributed by atoms with Gasteiger partial charge in [-0.15, -0.1) is 0 Å². The molecule has 0 amide bonds. The molecule has 1 aromatic heterocycles. The van der Waals surface area contributed by atoms with Crippen molar-refractivity contribution < 1.29 is 0 Å². The Kier molecular flexibility index (Phi) is 1.51. The Morgan fingerprint density at radius 1 is 1.18 bits per heavy atom. The van der Waals surface area contributed by atoms with Crippen LogP contribution in [0.25, 0.3) is 0 Å². The molecule has 0 aromatic carbocycles. The number of hydrogen-bond donors (Lipinski definition) is 2. The highest BCUT2D eigenvalue weighted by molar-refractivity contribution is 6.34. The van der Waals surface area contributed by atoms with Gasteiger partial charge < -0.3 is 10.6 Å². The van der Waals surface area contributed by atoms with Gasteiger partial charge in [0.1, 0.15) is 5.69 Å². The average molecular weight is 191 g/mol. The summed E-state index contributed by atoms with van der Waals surface area (Å²) in [6.45, 7) is 0.615. The van der Waals surface area contributed by atoms with Crippen LogP contribution in [0.5, 0.6) is 0 Å². The monoisotopic (exact) mass is 190 g/mol. The fraction of sp³-hybridized carbons (Fsp3) is 0.200. The van der Waals surface area contributed by atoms with E-state index >= 15 is 0 Å². The van der Waals surface area contributed by atoms with E-state index in [0.717, 1.165) is 5.69 Å². The number of hydrogen-bond acceptors (Lipinski definition) is 4. The topological polar surface area (TPSA) is 49.8 Å². The Hall–Kier alpha value is -0.740. The molecule has 2 rings (SSSR count). The molecule has 11 heavy (non-hydrogen) atoms. The van der Waals surface area contributed by atoms with E-state index in [4.69, 9.17) is 23.2 Å². The van der Waals surface area contributed by atoms with Crippen LogP contribution >= 0.6 is 23.2 Å². The number of halogens is 2. The fourth-order valence-electron chi connectivity index (χ4n) is 0.909. The predicted molar refractivity (Wildman–Crippen MR) is 44.2 cm³/mol. The molecule has 1 aromatic rings. The van der Waals surface area contributed by atoms with E-state index in [1.807, 2.05) is 0 Å². The molecular weight excluding hydrogens is 187 g/mol. The SMILES string of the molecule is Clc1nc(Cl)c2c(n1)NCN2. The number of aromatic nitrogens is 2. The molecule has 58 valence electrons. The van der Waals surface area contributed by atoms with Gasteiger partial charge in [0.15, 0.2) is 11.0 Å². The van der Waals surface area contributed by atoms with Crippen molar-refractivity contribution in [1.29, 1.82) is 0 Å². The first-order valence-electron chi connectivity index (χ1n) is 2.98. The lowest BCUT2D eigenvalue weighted by Crippen LogP contribution is -1.99. The van der Waals surface area contributed by atoms with Gasteiger partial charge in [-0.1, -0.05) is 11.6 Å². The van der Waals surface area contributed by atoms with Gasteiger partial charge in [0.05, 0.1) is 6.67 Å². The Labute approximate surface area is 72.9 Å². The summed E-state index contributed by atoms with van der Waals surface area (Å²) in [5.74, 6) is 0.662. The lowest BCUT2D eigenvalue weighted by Gasteiger charge is -1.98. The molecule has 4 nitrogen and oxygen atoms in total. The van der Waals surface area contributed by atoms with Crippen LogP contribution in [-0.4, -0.2) is 16.6 Å². The van der Waals surface area contributed by atoms with E-state index in [2.05, 4.69) is 20.6 Å². The minimum atomic E-state index is 0.157. The van der Waals surface area contributed by atoms with Crippen LogP contribution in [0.4, 0.5) is 11.5 Å². The summed E-state index contributed by atoms with van der Waals surface area (Å²) in [5.41, 5.74) is 0.719. The molecule has 0 fully saturated rings. The average Bonchev–Trinajstić information content (AvgIpc) is 2.34. The second kappa shape index (κ2) is 2.39. The molecule has 0 unspecified atom stereocenters. The van der Waals surface area contributed by atoms with Gasteiger partial charge in [-0.3, -0.25) is 0 Å². The quantitative estimate of drug-likeness (QED) is 0.482. The Morgan fingerprint density at radius 2 is 2.00 bits per heavy atom. The number of nitrogens with zero attached hydrogens (tertiary/aromatic N) is 2. The molecule has 1 aliphatic rings. The van der Waals surface area contributed by atoms with Crippen LogP contribution in [0.3, 0.4) is 0 Å². The second-order valence-electron chi connectivity index (χ2n) is 2.04. The maximum Gasteiger partial charge on any atom is 0.225 e. The molecule has 1 aliphatic heterocycles. The molecular formula is C5H4Cl2N4. The van der Waals surface area contributed by atoms with Crippen molar-refractivity contribution in [3.05, 3.63) is 10.4 Å². The number of fused-ring (bicyclic) bond motifs is 1. The van der Waals surface area contributed by atoms with Gasteiger partial charge in [-0.2, -0.15) is 4.98 Å². The van der Waals surface area contributed by atoms with Crippen molar-refractivity contribution in [1.82, 2.24) is 9.97 Å². The first-order valence-corrected chi connectivity index (χ1v) is 3.74. The van der Waals surface area contributed by atoms with Gasteiger partial charge >= 0.3 is 0 Å². The molecule has 0 spiro atoms. The van der Waals surface area contributed by atoms with Gasteiger partial charge in [0, 0.05) is 0 Å². The zero-order valence-electron chi connectivity index (χ0n) is 5.36. The summed E-state index contributed by atoms with van der Waals surface area (Å²) < 4.78 is 0. The molecule has 0 radical (unpaired) electrons. The van der Waals surface area contributed by atoms with E-state index in [1.165, 1.54) is 0 Å². The molecule has 0 atom stereocenters. The lowest BCUT2D eigenvalue weighted by molar-refractivity contribution is 1.18. The third kappa shape index (κ3) is 1.08. The first kappa shape index (κ1) is 6.94. The van der Waals surface area contributed by atoms with E-state index in [-0.39, 0.29) is 5.28 Å². The number of nitrogens with one attached hydrogen (secondary N) is 2. The molecule has 0 saturated heterocycles. The summed E-state index contributed by atoms with van der Waals surface area (Å²) in [4.78, 5) is 7.67. The standard InChI is InChI=1S/C5H4Cl2N4/c6-3-2-4(9-1-8-2)11-5(7)10-3/h8H,1H2,(H,9,10,11). The van der Waals surface area contributed by atoms with Crippen molar-refractivity contribution >= 4 is 34.7 Å². The van der Waals surface area contributed by atoms with Crippen molar-refractivity contribution in [3.8, 4) is 0 Å². The van der Waals surface area contributed by atoms with E-state index in [0.29, 0.717) is 17.6 Å². The summed E-state index contributed by atoms with van der Waals surface area (Å²) in [5, 5.41) is 6.43. The zero-order chi connectivity index (χ0) is 7.84. The van der Waals surface area contributed by atoms with Gasteiger partial charge in [0.25, 0.3) is 0 Å². The highest BCUT2D eigenvalue weighted by atomic mass is 35.5. The third-order valence-corrected chi connectivity index (χ3v) is 1.80. The minimum Gasteiger partial charge on any atom is -0.362 e. The number of anilines is 2. The fourth-order valence-corrected chi connectivity index (χ4v) is 1.36. The van der Waals surface area contributed by atoms with Crippen LogP contribution < -0.4 is 10.6 Å². The first-order chi connectivity index (χ1) is 5.27. The Bertz CT molecular complexity index is 301. The van der Waals surface area contributed by atoms with Crippen LogP contribution in [0.15, 0.2) is 0 Å². The van der Waals surface area contributed by atoms with Crippen molar-refractivity contribution in [2.24, 2.45) is 0 Å². The maximum atomic E-state index is 5.74. The van der Waals surface area contributed by atoms with Crippen molar-refractivity contribution in [2.75, 3.05) is 17.3 Å². The van der Waals surface area contributed by atoms with Crippen LogP contribution in [0.1, 0.15) is 0 Å². The van der Waals surface area contributed by atoms with Crippen LogP contribution in [0.2, 0.25) is 10.4 Å². The molecule has 0 bridgehead atoms. The highest BCUT2D eigenvalue weighted by Crippen LogP contribution is 2.31. The minimum absolute atomic E-state index is 0.157. The van der Waals surface area contributed by atoms with Crippen LogP contribution in [-0.2, 0) is 0 Å². The molecule has 2 N–H and O–H groups in total. The van der Waals surface area contributed by atoms with Crippen molar-refractivity contribution in [2.45, 2.75) is 0 Å². The van der Waals surface area contributed by atoms with E-state index < -0.39 is 0 Å². The molecule has 0 saturated carbocycles. The van der Waals surface area contributed by atoms with Gasteiger partial charge in [-0.05, 0) is 11.6 Å². The van der Waals surface area contributed by atoms with Gasteiger partial charge in [0.2, 0.25) is 5.28 Å². The summed E-state index contributed by atoms with van der Waals surface area (Å²) in [7, 11) is 0. The van der Waals surface area contributed by atoms with E-state index in [1.54, 1.807) is 0 Å². The zero-order valence-corrected chi connectivity index (χ0v) is 6.87. The summed E-state index contributed by atoms with van der Waals surface area (Å²) in [6.07, 6.45) is 0. The molecule has 0 aliphatic carbocycles. The Morgan fingerprint density at radius 3 is 2.82 bits per heavy atom. The third-order valence-electron chi connectivity index (χ3n) is 1.36. The largest absolute Gasteiger partial charge is 0.362 e. The molecule has 2 heterocycles. The number of rotatable bonds is 0. The highest BCUT2D eigenvalue weighted by Gasteiger charge is 2.15. The second-order valence-corrected chi connectivity index (χ2v) is 2.73. The van der Waals surface area contributed by atoms with E-state index in [9.17, 15) is 0 Å². The predicted octanol–water partition coefficient (Wildman–Crippen LogP) is 1.58. The summed E-state index contributed by atoms with van der Waals surface area (Å²) >= 11 is 11.3. The van der Waals surface area contributed by atoms with Crippen molar-refractivity contribution in [3.63, 3.8) is 0 Å².